The molecule has 47 heavy (non-hydrogen) atoms. The van der Waals surface area contributed by atoms with Gasteiger partial charge in [0.25, 0.3) is 5.91 Å². The first kappa shape index (κ1) is 30.1. The van der Waals surface area contributed by atoms with Crippen LogP contribution in [0.2, 0.25) is 0 Å². The first-order chi connectivity index (χ1) is 22.6. The van der Waals surface area contributed by atoms with Crippen LogP contribution in [0.1, 0.15) is 22.8 Å². The molecule has 0 spiro atoms. The number of carbonyl (C=O) groups excluding carboxylic acids is 3. The van der Waals surface area contributed by atoms with Gasteiger partial charge in [-0.15, -0.1) is 11.8 Å². The molecular weight excluding hydrogens is 661 g/mol. The lowest BCUT2D eigenvalue weighted by Gasteiger charge is -2.43. The van der Waals surface area contributed by atoms with Gasteiger partial charge in [0.15, 0.2) is 6.61 Å². The van der Waals surface area contributed by atoms with E-state index in [0.717, 1.165) is 33.2 Å². The Balaban J connectivity index is 1.09. The van der Waals surface area contributed by atoms with E-state index in [2.05, 4.69) is 10.3 Å². The molecule has 2 aliphatic carbocycles. The fourth-order valence-electron chi connectivity index (χ4n) is 8.13. The Kier molecular flexibility index (Phi) is 7.17. The first-order valence-corrected chi connectivity index (χ1v) is 18.3. The van der Waals surface area contributed by atoms with Gasteiger partial charge in [-0.05, 0) is 66.6 Å². The molecule has 3 fully saturated rings. The van der Waals surface area contributed by atoms with Crippen molar-refractivity contribution in [1.29, 1.82) is 0 Å². The van der Waals surface area contributed by atoms with Gasteiger partial charge in [-0.1, -0.05) is 47.7 Å². The number of hydrogen-bond acceptors (Lipinski definition) is 9. The molecule has 8 rings (SSSR count). The van der Waals surface area contributed by atoms with E-state index in [9.17, 15) is 27.6 Å². The van der Waals surface area contributed by atoms with Crippen molar-refractivity contribution < 1.29 is 27.5 Å². The Morgan fingerprint density at radius 1 is 0.936 bits per heavy atom. The molecule has 3 heterocycles. The highest BCUT2D eigenvalue weighted by molar-refractivity contribution is 8.00. The molecule has 1 aromatic heterocycles. The fraction of sp³-hybridized carbons (Fsp3) is 0.273. The number of thioether (sulfide) groups is 1. The second-order valence-electron chi connectivity index (χ2n) is 12.3. The van der Waals surface area contributed by atoms with E-state index in [1.54, 1.807) is 30.0 Å². The number of anilines is 2. The molecule has 7 atom stereocenters. The van der Waals surface area contributed by atoms with Crippen molar-refractivity contribution in [3.8, 4) is 5.75 Å². The smallest absolute Gasteiger partial charge is 0.305 e. The van der Waals surface area contributed by atoms with Crippen molar-refractivity contribution in [1.82, 2.24) is 4.98 Å². The Labute approximate surface area is 277 Å². The fourth-order valence-corrected chi connectivity index (χ4v) is 11.5. The van der Waals surface area contributed by atoms with Crippen LogP contribution >= 0.6 is 23.1 Å². The molecule has 2 aliphatic heterocycles. The number of H-pyrrole nitrogens is 1. The minimum Gasteiger partial charge on any atom is -0.483 e. The Bertz CT molecular complexity index is 2100. The third-order valence-electron chi connectivity index (χ3n) is 9.82. The van der Waals surface area contributed by atoms with Crippen molar-refractivity contribution in [2.75, 3.05) is 16.8 Å². The molecular formula is C33H28N4O7S3. The number of nitrogens with two attached hydrogens (primary N) is 1. The van der Waals surface area contributed by atoms with Crippen LogP contribution in [0, 0.1) is 29.6 Å². The van der Waals surface area contributed by atoms with Crippen molar-refractivity contribution >= 4 is 62.2 Å². The van der Waals surface area contributed by atoms with Gasteiger partial charge in [0.2, 0.25) is 21.8 Å². The summed E-state index contributed by atoms with van der Waals surface area (Å²) in [5, 5.41) is 8.64. The normalized spacial score (nSPS) is 27.3. The topological polar surface area (TPSA) is 169 Å². The highest BCUT2D eigenvalue weighted by atomic mass is 32.2. The number of sulfonamides is 1. The standard InChI is InChI=1S/C33H28N4O7S3/c34-47(42,43)18-12-10-16(11-13-18)35-23(38)15-44-22-9-5-4-8-19(22)24-25-20-14-21(28(25)45-30-29(24)46-33(41)36-30)27-26(20)31(39)37(32(27)40)17-6-2-1-3-7-17/h1-13,20-21,24-28H,14-15H2,(H,35,38)(H,36,41)(H2,34,42,43)/t20?,21?,24-,25?,26?,27?,28?/m1/s1. The number of fused-ring (bicyclic) bond motifs is 9. The molecule has 4 aliphatic rings. The zero-order valence-corrected chi connectivity index (χ0v) is 27.0. The van der Waals surface area contributed by atoms with Crippen LogP contribution in [-0.4, -0.2) is 43.0 Å². The summed E-state index contributed by atoms with van der Waals surface area (Å²) in [5.74, 6) is -1.52. The highest BCUT2D eigenvalue weighted by Gasteiger charge is 2.69. The summed E-state index contributed by atoms with van der Waals surface area (Å²) in [5.41, 5.74) is 1.78. The van der Waals surface area contributed by atoms with Gasteiger partial charge in [0.05, 0.1) is 27.4 Å². The number of amides is 3. The van der Waals surface area contributed by atoms with Crippen LogP contribution in [0.15, 0.2) is 93.6 Å². The maximum Gasteiger partial charge on any atom is 0.305 e. The predicted molar refractivity (Wildman–Crippen MR) is 176 cm³/mol. The van der Waals surface area contributed by atoms with Gasteiger partial charge >= 0.3 is 4.87 Å². The average Bonchev–Trinajstić information content (AvgIpc) is 3.79. The molecule has 4 aromatic rings. The molecule has 2 bridgehead atoms. The Hall–Kier alpha value is -4.24. The third kappa shape index (κ3) is 4.93. The number of nitrogens with zero attached hydrogens (tertiary/aromatic N) is 1. The highest BCUT2D eigenvalue weighted by Crippen LogP contribution is 2.69. The number of primary sulfonamides is 1. The molecule has 3 aromatic carbocycles. The number of carbonyl (C=O) groups is 3. The monoisotopic (exact) mass is 688 g/mol. The maximum absolute atomic E-state index is 14.0. The second kappa shape index (κ2) is 11.2. The molecule has 2 saturated carbocycles. The van der Waals surface area contributed by atoms with Crippen LogP contribution in [0.3, 0.4) is 0 Å². The van der Waals surface area contributed by atoms with E-state index in [1.807, 2.05) is 36.4 Å². The van der Waals surface area contributed by atoms with E-state index in [4.69, 9.17) is 9.88 Å². The number of benzene rings is 3. The molecule has 0 radical (unpaired) electrons. The van der Waals surface area contributed by atoms with Crippen LogP contribution in [0.5, 0.6) is 5.75 Å². The van der Waals surface area contributed by atoms with E-state index in [0.29, 0.717) is 17.1 Å². The predicted octanol–water partition coefficient (Wildman–Crippen LogP) is 3.78. The summed E-state index contributed by atoms with van der Waals surface area (Å²) < 4.78 is 29.2. The first-order valence-electron chi connectivity index (χ1n) is 15.1. The van der Waals surface area contributed by atoms with Crippen LogP contribution in [-0.2, 0) is 24.4 Å². The van der Waals surface area contributed by atoms with Crippen molar-refractivity contribution in [2.45, 2.75) is 27.5 Å². The second-order valence-corrected chi connectivity index (χ2v) is 16.0. The molecule has 1 saturated heterocycles. The van der Waals surface area contributed by atoms with Gasteiger partial charge in [-0.25, -0.2) is 13.6 Å². The zero-order chi connectivity index (χ0) is 32.6. The van der Waals surface area contributed by atoms with Gasteiger partial charge in [-0.3, -0.25) is 24.1 Å². The van der Waals surface area contributed by atoms with Gasteiger partial charge in [-0.2, -0.15) is 0 Å². The zero-order valence-electron chi connectivity index (χ0n) is 24.6. The van der Waals surface area contributed by atoms with Crippen LogP contribution in [0.4, 0.5) is 11.4 Å². The summed E-state index contributed by atoms with van der Waals surface area (Å²) >= 11 is 2.76. The largest absolute Gasteiger partial charge is 0.483 e. The van der Waals surface area contributed by atoms with Crippen molar-refractivity contribution in [2.24, 2.45) is 34.7 Å². The number of imide groups is 1. The summed E-state index contributed by atoms with van der Waals surface area (Å²) in [7, 11) is -3.86. The lowest BCUT2D eigenvalue weighted by molar-refractivity contribution is -0.123. The maximum atomic E-state index is 14.0. The van der Waals surface area contributed by atoms with Crippen molar-refractivity contribution in [3.63, 3.8) is 0 Å². The van der Waals surface area contributed by atoms with E-state index in [1.165, 1.54) is 29.2 Å². The number of thiazole rings is 1. The van der Waals surface area contributed by atoms with Crippen molar-refractivity contribution in [3.05, 3.63) is 99.0 Å². The van der Waals surface area contributed by atoms with Gasteiger partial charge in [0, 0.05) is 27.3 Å². The Morgan fingerprint density at radius 2 is 1.62 bits per heavy atom. The van der Waals surface area contributed by atoms with E-state index < -0.39 is 27.8 Å². The molecule has 11 nitrogen and oxygen atoms in total. The van der Waals surface area contributed by atoms with Gasteiger partial charge < -0.3 is 15.0 Å². The van der Waals surface area contributed by atoms with Gasteiger partial charge in [0.1, 0.15) is 5.75 Å². The SMILES string of the molecule is NS(=O)(=O)c1ccc(NC(=O)COc2ccccc2[C@H]2c3sc(=O)[nH]c3SC3C4CC(C5C(=O)N(c6ccccc6)C(=O)C45)C32)cc1. The third-order valence-corrected chi connectivity index (χ3v) is 13.3. The lowest BCUT2D eigenvalue weighted by atomic mass is 9.68. The molecule has 14 heteroatoms. The number of ether oxygens (including phenoxy) is 1. The number of hydrogen-bond donors (Lipinski definition) is 3. The van der Waals surface area contributed by atoms with E-state index >= 15 is 0 Å². The molecule has 3 amide bonds. The quantitative estimate of drug-likeness (QED) is 0.247. The minimum atomic E-state index is -3.86. The summed E-state index contributed by atoms with van der Waals surface area (Å²) in [4.78, 5) is 58.3. The number of rotatable bonds is 7. The molecule has 240 valence electrons. The average molecular weight is 689 g/mol. The molecule has 6 unspecified atom stereocenters. The number of aromatic nitrogens is 1. The van der Waals surface area contributed by atoms with E-state index in [-0.39, 0.29) is 57.1 Å². The number of para-hydroxylation sites is 2. The summed E-state index contributed by atoms with van der Waals surface area (Å²) in [6.07, 6.45) is 0.753. The minimum absolute atomic E-state index is 0.00753. The summed E-state index contributed by atoms with van der Waals surface area (Å²) in [6.45, 7) is -0.324. The van der Waals surface area contributed by atoms with Crippen LogP contribution < -0.4 is 25.0 Å². The number of aromatic amines is 1. The van der Waals surface area contributed by atoms with Crippen LogP contribution in [0.25, 0.3) is 0 Å². The number of nitrogens with one attached hydrogen (secondary N) is 2. The summed E-state index contributed by atoms with van der Waals surface area (Å²) in [6, 6.07) is 22.0. The molecule has 4 N–H and O–H groups in total. The lowest BCUT2D eigenvalue weighted by Crippen LogP contribution is -2.42. The Morgan fingerprint density at radius 3 is 2.34 bits per heavy atom.